The van der Waals surface area contributed by atoms with Gasteiger partial charge in [-0.05, 0) is 57.6 Å². The maximum atomic E-state index is 6.05. The normalized spacial score (nSPS) is 26.0. The molecular formula is C21H33NO3. The molecule has 0 atom stereocenters. The standard InChI is InChI=1S/C21H33NO3/c1-4-12-25-20-17(8-7-9-19(20)24-6-3)15-22-11-10-21(16-22)13-18(14-21)23-5-2/h7-9,18H,4-6,10-16H2,1-3H3. The lowest BCUT2D eigenvalue weighted by Crippen LogP contribution is -2.44. The monoisotopic (exact) mass is 347 g/mol. The molecule has 1 aliphatic heterocycles. The number of nitrogens with zero attached hydrogens (tertiary/aromatic N) is 1. The van der Waals surface area contributed by atoms with Crippen molar-refractivity contribution in [2.24, 2.45) is 5.41 Å². The molecule has 0 unspecified atom stereocenters. The summed E-state index contributed by atoms with van der Waals surface area (Å²) in [5, 5.41) is 0. The Hall–Kier alpha value is -1.26. The predicted molar refractivity (Wildman–Crippen MR) is 100 cm³/mol. The van der Waals surface area contributed by atoms with E-state index in [9.17, 15) is 0 Å². The highest BCUT2D eigenvalue weighted by atomic mass is 16.5. The molecule has 2 fully saturated rings. The summed E-state index contributed by atoms with van der Waals surface area (Å²) >= 11 is 0. The van der Waals surface area contributed by atoms with Crippen LogP contribution in [0.5, 0.6) is 11.5 Å². The maximum absolute atomic E-state index is 6.05. The zero-order valence-electron chi connectivity index (χ0n) is 16.1. The minimum Gasteiger partial charge on any atom is -0.490 e. The molecule has 4 nitrogen and oxygen atoms in total. The summed E-state index contributed by atoms with van der Waals surface area (Å²) in [6.45, 7) is 11.8. The fourth-order valence-corrected chi connectivity index (χ4v) is 4.32. The molecule has 1 aromatic rings. The first-order valence-electron chi connectivity index (χ1n) is 9.91. The molecular weight excluding hydrogens is 314 g/mol. The average Bonchev–Trinajstić information content (AvgIpc) is 2.98. The first-order valence-corrected chi connectivity index (χ1v) is 9.91. The summed E-state index contributed by atoms with van der Waals surface area (Å²) in [4.78, 5) is 2.58. The fourth-order valence-electron chi connectivity index (χ4n) is 4.32. The van der Waals surface area contributed by atoms with Gasteiger partial charge in [0.05, 0.1) is 19.3 Å². The van der Waals surface area contributed by atoms with Crippen LogP contribution in [0, 0.1) is 5.41 Å². The summed E-state index contributed by atoms with van der Waals surface area (Å²) in [6, 6.07) is 6.28. The van der Waals surface area contributed by atoms with E-state index in [0.717, 1.165) is 37.7 Å². The van der Waals surface area contributed by atoms with Crippen LogP contribution in [0.2, 0.25) is 0 Å². The summed E-state index contributed by atoms with van der Waals surface area (Å²) in [6.07, 6.45) is 5.26. The minimum atomic E-state index is 0.495. The van der Waals surface area contributed by atoms with Crippen LogP contribution in [-0.2, 0) is 11.3 Å². The smallest absolute Gasteiger partial charge is 0.165 e. The highest BCUT2D eigenvalue weighted by molar-refractivity contribution is 5.46. The number of likely N-dealkylation sites (tertiary alicyclic amines) is 1. The molecule has 4 heteroatoms. The van der Waals surface area contributed by atoms with Crippen molar-refractivity contribution >= 4 is 0 Å². The molecule has 3 rings (SSSR count). The number of benzene rings is 1. The van der Waals surface area contributed by atoms with E-state index in [1.54, 1.807) is 0 Å². The van der Waals surface area contributed by atoms with Crippen molar-refractivity contribution in [3.8, 4) is 11.5 Å². The van der Waals surface area contributed by atoms with Crippen LogP contribution in [0.3, 0.4) is 0 Å². The molecule has 0 bridgehead atoms. The summed E-state index contributed by atoms with van der Waals surface area (Å²) in [7, 11) is 0. The van der Waals surface area contributed by atoms with Crippen molar-refractivity contribution in [3.63, 3.8) is 0 Å². The fraction of sp³-hybridized carbons (Fsp3) is 0.714. The lowest BCUT2D eigenvalue weighted by molar-refractivity contribution is -0.0718. The van der Waals surface area contributed by atoms with Crippen molar-refractivity contribution in [2.75, 3.05) is 32.9 Å². The van der Waals surface area contributed by atoms with Gasteiger partial charge in [-0.3, -0.25) is 4.90 Å². The van der Waals surface area contributed by atoms with Crippen LogP contribution in [0.4, 0.5) is 0 Å². The third-order valence-electron chi connectivity index (χ3n) is 5.45. The SMILES string of the molecule is CCCOc1c(CN2CCC3(CC(OCC)C3)C2)cccc1OCC. The summed E-state index contributed by atoms with van der Waals surface area (Å²) < 4.78 is 17.6. The highest BCUT2D eigenvalue weighted by Gasteiger charge is 2.48. The Morgan fingerprint density at radius 3 is 2.68 bits per heavy atom. The number of para-hydroxylation sites is 1. The van der Waals surface area contributed by atoms with Gasteiger partial charge in [-0.15, -0.1) is 0 Å². The molecule has 0 amide bonds. The Kier molecular flexibility index (Phi) is 6.24. The van der Waals surface area contributed by atoms with E-state index in [4.69, 9.17) is 14.2 Å². The van der Waals surface area contributed by atoms with Crippen LogP contribution in [0.1, 0.15) is 52.0 Å². The molecule has 25 heavy (non-hydrogen) atoms. The lowest BCUT2D eigenvalue weighted by Gasteiger charge is -2.44. The van der Waals surface area contributed by atoms with Gasteiger partial charge >= 0.3 is 0 Å². The molecule has 2 aliphatic rings. The van der Waals surface area contributed by atoms with Gasteiger partial charge in [0, 0.05) is 25.3 Å². The van der Waals surface area contributed by atoms with Crippen LogP contribution < -0.4 is 9.47 Å². The van der Waals surface area contributed by atoms with Gasteiger partial charge in [0.1, 0.15) is 0 Å². The van der Waals surface area contributed by atoms with E-state index < -0.39 is 0 Å². The number of hydrogen-bond donors (Lipinski definition) is 0. The number of ether oxygens (including phenoxy) is 3. The molecule has 1 aromatic carbocycles. The molecule has 1 saturated carbocycles. The first kappa shape index (κ1) is 18.5. The Morgan fingerprint density at radius 1 is 1.12 bits per heavy atom. The second kappa shape index (κ2) is 8.41. The first-order chi connectivity index (χ1) is 12.2. The van der Waals surface area contributed by atoms with E-state index in [1.165, 1.54) is 37.9 Å². The largest absolute Gasteiger partial charge is 0.490 e. The third kappa shape index (κ3) is 4.29. The Morgan fingerprint density at radius 2 is 1.96 bits per heavy atom. The van der Waals surface area contributed by atoms with Crippen LogP contribution in [0.25, 0.3) is 0 Å². The zero-order chi connectivity index (χ0) is 17.7. The van der Waals surface area contributed by atoms with Gasteiger partial charge in [0.2, 0.25) is 0 Å². The molecule has 1 aliphatic carbocycles. The van der Waals surface area contributed by atoms with Crippen LogP contribution in [-0.4, -0.2) is 43.9 Å². The average molecular weight is 347 g/mol. The molecule has 1 saturated heterocycles. The van der Waals surface area contributed by atoms with E-state index >= 15 is 0 Å². The predicted octanol–water partition coefficient (Wildman–Crippen LogP) is 4.27. The van der Waals surface area contributed by atoms with Crippen LogP contribution >= 0.6 is 0 Å². The molecule has 1 heterocycles. The van der Waals surface area contributed by atoms with Gasteiger partial charge in [-0.2, -0.15) is 0 Å². The van der Waals surface area contributed by atoms with E-state index in [1.807, 2.05) is 13.0 Å². The molecule has 140 valence electrons. The third-order valence-corrected chi connectivity index (χ3v) is 5.45. The highest BCUT2D eigenvalue weighted by Crippen LogP contribution is 2.50. The van der Waals surface area contributed by atoms with Crippen molar-refractivity contribution in [1.82, 2.24) is 4.90 Å². The van der Waals surface area contributed by atoms with Crippen molar-refractivity contribution in [1.29, 1.82) is 0 Å². The topological polar surface area (TPSA) is 30.9 Å². The molecule has 1 spiro atoms. The number of hydrogen-bond acceptors (Lipinski definition) is 4. The van der Waals surface area contributed by atoms with Gasteiger partial charge in [-0.25, -0.2) is 0 Å². The second-order valence-electron chi connectivity index (χ2n) is 7.47. The van der Waals surface area contributed by atoms with Crippen molar-refractivity contribution < 1.29 is 14.2 Å². The van der Waals surface area contributed by atoms with Gasteiger partial charge in [-0.1, -0.05) is 19.1 Å². The summed E-state index contributed by atoms with van der Waals surface area (Å²) in [5.41, 5.74) is 1.75. The van der Waals surface area contributed by atoms with Crippen molar-refractivity contribution in [3.05, 3.63) is 23.8 Å². The van der Waals surface area contributed by atoms with Crippen molar-refractivity contribution in [2.45, 2.75) is 59.1 Å². The van der Waals surface area contributed by atoms with Crippen LogP contribution in [0.15, 0.2) is 18.2 Å². The Balaban J connectivity index is 1.64. The van der Waals surface area contributed by atoms with Gasteiger partial charge < -0.3 is 14.2 Å². The van der Waals surface area contributed by atoms with E-state index in [-0.39, 0.29) is 0 Å². The zero-order valence-corrected chi connectivity index (χ0v) is 16.1. The molecule has 0 N–H and O–H groups in total. The van der Waals surface area contributed by atoms with Gasteiger partial charge in [0.15, 0.2) is 11.5 Å². The van der Waals surface area contributed by atoms with E-state index in [0.29, 0.717) is 18.1 Å². The Labute approximate surface area is 152 Å². The summed E-state index contributed by atoms with van der Waals surface area (Å²) in [5.74, 6) is 1.82. The molecule has 0 aromatic heterocycles. The minimum absolute atomic E-state index is 0.495. The Bertz CT molecular complexity index is 554. The second-order valence-corrected chi connectivity index (χ2v) is 7.47. The number of rotatable bonds is 9. The van der Waals surface area contributed by atoms with E-state index in [2.05, 4.69) is 30.9 Å². The molecule has 0 radical (unpaired) electrons. The maximum Gasteiger partial charge on any atom is 0.165 e. The quantitative estimate of drug-likeness (QED) is 0.668. The van der Waals surface area contributed by atoms with Gasteiger partial charge in [0.25, 0.3) is 0 Å². The lowest BCUT2D eigenvalue weighted by atomic mass is 9.66.